The van der Waals surface area contributed by atoms with E-state index in [1.807, 2.05) is 29.3 Å². The Labute approximate surface area is 207 Å². The Bertz CT molecular complexity index is 1380. The minimum Gasteiger partial charge on any atom is -0.489 e. The fourth-order valence-corrected chi connectivity index (χ4v) is 5.03. The molecule has 4 aromatic rings. The first-order valence-corrected chi connectivity index (χ1v) is 12.2. The summed E-state index contributed by atoms with van der Waals surface area (Å²) in [6.07, 6.45) is 9.98. The van der Waals surface area contributed by atoms with Crippen molar-refractivity contribution in [3.63, 3.8) is 0 Å². The van der Waals surface area contributed by atoms with E-state index >= 15 is 0 Å². The summed E-state index contributed by atoms with van der Waals surface area (Å²) in [6.45, 7) is 6.22. The number of hydrogen-bond acceptors (Lipinski definition) is 9. The van der Waals surface area contributed by atoms with Gasteiger partial charge in [0.25, 0.3) is 5.19 Å². The van der Waals surface area contributed by atoms with Crippen molar-refractivity contribution >= 4 is 16.9 Å². The minimum absolute atomic E-state index is 0.132. The average Bonchev–Trinajstić information content (AvgIpc) is 3.63. The smallest absolute Gasteiger partial charge is 0.273 e. The molecular formula is C24H27N7O3S. The quantitative estimate of drug-likeness (QED) is 0.398. The van der Waals surface area contributed by atoms with Gasteiger partial charge in [0.15, 0.2) is 0 Å². The van der Waals surface area contributed by atoms with Crippen LogP contribution in [0.3, 0.4) is 0 Å². The van der Waals surface area contributed by atoms with Crippen LogP contribution in [0.25, 0.3) is 16.6 Å². The number of aromatic nitrogens is 5. The number of fused-ring (bicyclic) bond motifs is 1. The lowest BCUT2D eigenvalue weighted by molar-refractivity contribution is 0.0283. The molecule has 0 bridgehead atoms. The summed E-state index contributed by atoms with van der Waals surface area (Å²) < 4.78 is 14.7. The van der Waals surface area contributed by atoms with Gasteiger partial charge in [0.2, 0.25) is 0 Å². The van der Waals surface area contributed by atoms with Gasteiger partial charge in [-0.1, -0.05) is 11.3 Å². The van der Waals surface area contributed by atoms with Gasteiger partial charge in [0.05, 0.1) is 48.4 Å². The zero-order valence-corrected chi connectivity index (χ0v) is 20.7. The summed E-state index contributed by atoms with van der Waals surface area (Å²) in [7, 11) is 1.64. The number of rotatable bonds is 8. The summed E-state index contributed by atoms with van der Waals surface area (Å²) in [5.74, 6) is 0.557. The second-order valence-electron chi connectivity index (χ2n) is 9.34. The molecule has 35 heavy (non-hydrogen) atoms. The summed E-state index contributed by atoms with van der Waals surface area (Å²) >= 11 is 1.57. The maximum absolute atomic E-state index is 10.1. The predicted octanol–water partition coefficient (Wildman–Crippen LogP) is 3.13. The Morgan fingerprint density at radius 2 is 2.11 bits per heavy atom. The lowest BCUT2D eigenvalue weighted by atomic mass is 10.1. The average molecular weight is 494 g/mol. The highest BCUT2D eigenvalue weighted by Crippen LogP contribution is 2.33. The van der Waals surface area contributed by atoms with Crippen LogP contribution >= 0.6 is 11.3 Å². The molecule has 0 saturated carbocycles. The SMILES string of the molecule is COc1ncc(CN2CC[C@H](n3cc(-c4cc(OCC(C)(C)O)cn5ncc(C#N)c45)cn3)C2)s1. The number of nitrogens with zero attached hydrogens (tertiary/aromatic N) is 7. The fourth-order valence-electron chi connectivity index (χ4n) is 4.26. The Morgan fingerprint density at radius 1 is 1.26 bits per heavy atom. The highest BCUT2D eigenvalue weighted by molar-refractivity contribution is 7.13. The molecule has 5 rings (SSSR count). The van der Waals surface area contributed by atoms with E-state index in [1.54, 1.807) is 49.2 Å². The third kappa shape index (κ3) is 5.00. The molecule has 1 saturated heterocycles. The van der Waals surface area contributed by atoms with Gasteiger partial charge in [0, 0.05) is 48.0 Å². The second kappa shape index (κ2) is 9.30. The van der Waals surface area contributed by atoms with Crippen molar-refractivity contribution in [2.45, 2.75) is 38.5 Å². The van der Waals surface area contributed by atoms with Crippen LogP contribution in [0.15, 0.2) is 37.1 Å². The van der Waals surface area contributed by atoms with Gasteiger partial charge < -0.3 is 14.6 Å². The van der Waals surface area contributed by atoms with E-state index in [-0.39, 0.29) is 12.6 Å². The van der Waals surface area contributed by atoms with Crippen LogP contribution in [0, 0.1) is 11.3 Å². The number of methoxy groups -OCH3 is 1. The maximum atomic E-state index is 10.1. The normalized spacial score (nSPS) is 16.6. The molecule has 11 heteroatoms. The molecule has 0 aliphatic carbocycles. The molecule has 0 radical (unpaired) electrons. The van der Waals surface area contributed by atoms with E-state index in [0.717, 1.165) is 37.2 Å². The van der Waals surface area contributed by atoms with Crippen LogP contribution in [0.5, 0.6) is 10.9 Å². The Morgan fingerprint density at radius 3 is 2.86 bits per heavy atom. The number of aliphatic hydroxyl groups is 1. The summed E-state index contributed by atoms with van der Waals surface area (Å²) in [5, 5.41) is 29.3. The molecule has 1 aliphatic rings. The van der Waals surface area contributed by atoms with E-state index < -0.39 is 5.60 Å². The lowest BCUT2D eigenvalue weighted by Gasteiger charge is -2.18. The first-order chi connectivity index (χ1) is 16.8. The van der Waals surface area contributed by atoms with Gasteiger partial charge in [-0.25, -0.2) is 9.50 Å². The Kier molecular flexibility index (Phi) is 6.19. The highest BCUT2D eigenvalue weighted by atomic mass is 32.1. The molecule has 4 aromatic heterocycles. The van der Waals surface area contributed by atoms with Crippen LogP contribution in [0.4, 0.5) is 0 Å². The molecule has 1 N–H and O–H groups in total. The molecule has 10 nitrogen and oxygen atoms in total. The van der Waals surface area contributed by atoms with Gasteiger partial charge in [-0.2, -0.15) is 15.5 Å². The van der Waals surface area contributed by atoms with Crippen LogP contribution < -0.4 is 9.47 Å². The van der Waals surface area contributed by atoms with Crippen molar-refractivity contribution in [2.75, 3.05) is 26.8 Å². The molecule has 0 spiro atoms. The van der Waals surface area contributed by atoms with Crippen molar-refractivity contribution in [3.8, 4) is 28.1 Å². The van der Waals surface area contributed by atoms with Crippen molar-refractivity contribution in [1.82, 2.24) is 29.3 Å². The minimum atomic E-state index is -0.972. The molecule has 182 valence electrons. The monoisotopic (exact) mass is 493 g/mol. The van der Waals surface area contributed by atoms with Gasteiger partial charge in [-0.3, -0.25) is 9.58 Å². The standard InChI is InChI=1S/C24H27N7O3S/c1-24(2,32)15-34-19-6-21(22-16(7-25)8-28-31(22)13-19)17-9-27-30(11-17)18-4-5-29(12-18)14-20-10-26-23(33-3)35-20/h6,8-11,13,18,32H,4-5,12,14-15H2,1-3H3/t18-/m0/s1. The van der Waals surface area contributed by atoms with E-state index in [9.17, 15) is 10.4 Å². The molecule has 1 aliphatic heterocycles. The van der Waals surface area contributed by atoms with Gasteiger partial charge in [-0.05, 0) is 26.3 Å². The number of pyridine rings is 1. The highest BCUT2D eigenvalue weighted by Gasteiger charge is 2.26. The first kappa shape index (κ1) is 23.3. The van der Waals surface area contributed by atoms with Crippen molar-refractivity contribution in [1.29, 1.82) is 5.26 Å². The largest absolute Gasteiger partial charge is 0.489 e. The number of ether oxygens (including phenoxy) is 2. The summed E-state index contributed by atoms with van der Waals surface area (Å²) in [6, 6.07) is 4.35. The van der Waals surface area contributed by atoms with E-state index in [1.165, 1.54) is 4.88 Å². The van der Waals surface area contributed by atoms with Crippen LogP contribution in [-0.4, -0.2) is 66.8 Å². The Hall–Kier alpha value is -3.46. The molecule has 1 atom stereocenters. The molecule has 0 amide bonds. The zero-order chi connectivity index (χ0) is 24.6. The summed E-state index contributed by atoms with van der Waals surface area (Å²) in [4.78, 5) is 7.83. The van der Waals surface area contributed by atoms with Crippen LogP contribution in [0.2, 0.25) is 0 Å². The number of likely N-dealkylation sites (tertiary alicyclic amines) is 1. The topological polar surface area (TPSA) is 114 Å². The van der Waals surface area contributed by atoms with E-state index in [4.69, 9.17) is 9.47 Å². The lowest BCUT2D eigenvalue weighted by Crippen LogP contribution is -2.27. The number of hydrogen-bond donors (Lipinski definition) is 1. The molecular weight excluding hydrogens is 466 g/mol. The van der Waals surface area contributed by atoms with Gasteiger partial charge in [-0.15, -0.1) is 0 Å². The third-order valence-corrected chi connectivity index (χ3v) is 6.86. The zero-order valence-electron chi connectivity index (χ0n) is 19.9. The maximum Gasteiger partial charge on any atom is 0.273 e. The molecule has 0 aromatic carbocycles. The van der Waals surface area contributed by atoms with Crippen molar-refractivity contribution < 1.29 is 14.6 Å². The van der Waals surface area contributed by atoms with Crippen LogP contribution in [-0.2, 0) is 6.54 Å². The van der Waals surface area contributed by atoms with E-state index in [2.05, 4.69) is 26.2 Å². The predicted molar refractivity (Wildman–Crippen MR) is 131 cm³/mol. The van der Waals surface area contributed by atoms with Crippen molar-refractivity contribution in [2.24, 2.45) is 0 Å². The van der Waals surface area contributed by atoms with Crippen LogP contribution in [0.1, 0.15) is 36.8 Å². The second-order valence-corrected chi connectivity index (χ2v) is 10.4. The Balaban J connectivity index is 1.38. The van der Waals surface area contributed by atoms with Gasteiger partial charge >= 0.3 is 0 Å². The van der Waals surface area contributed by atoms with Crippen molar-refractivity contribution in [3.05, 3.63) is 47.5 Å². The molecule has 5 heterocycles. The third-order valence-electron chi connectivity index (χ3n) is 5.92. The number of thiazole rings is 1. The van der Waals surface area contributed by atoms with E-state index in [0.29, 0.717) is 22.0 Å². The molecule has 1 fully saturated rings. The first-order valence-electron chi connectivity index (χ1n) is 11.4. The molecule has 0 unspecified atom stereocenters. The summed E-state index contributed by atoms with van der Waals surface area (Å²) in [5.41, 5.74) is 1.90. The van der Waals surface area contributed by atoms with Gasteiger partial charge in [0.1, 0.15) is 18.4 Å². The fraction of sp³-hybridized carbons (Fsp3) is 0.417. The number of nitriles is 1.